The summed E-state index contributed by atoms with van der Waals surface area (Å²) >= 11 is 3.91. The molecular weight excluding hydrogens is 369 g/mol. The number of halogens is 1. The van der Waals surface area contributed by atoms with Gasteiger partial charge >= 0.3 is 0 Å². The molecule has 3 aromatic rings. The molecule has 1 N–H and O–H groups in total. The van der Waals surface area contributed by atoms with Crippen LogP contribution >= 0.6 is 33.9 Å². The molecule has 0 saturated carbocycles. The van der Waals surface area contributed by atoms with E-state index in [1.807, 2.05) is 42.5 Å². The van der Waals surface area contributed by atoms with Crippen molar-refractivity contribution in [3.8, 4) is 0 Å². The minimum Gasteiger partial charge on any atom is -0.388 e. The highest BCUT2D eigenvalue weighted by Crippen LogP contribution is 2.26. The average Bonchev–Trinajstić information content (AvgIpc) is 2.80. The average molecular weight is 381 g/mol. The van der Waals surface area contributed by atoms with Crippen molar-refractivity contribution < 1.29 is 5.11 Å². The number of para-hydroxylation sites is 1. The van der Waals surface area contributed by atoms with Gasteiger partial charge in [-0.3, -0.25) is 0 Å². The highest BCUT2D eigenvalue weighted by atomic mass is 127. The number of thiazole rings is 1. The fraction of sp³-hybridized carbons (Fsp3) is 0.133. The Bertz CT molecular complexity index is 677. The number of hydrogen-bond acceptors (Lipinski definition) is 3. The highest BCUT2D eigenvalue weighted by molar-refractivity contribution is 14.1. The van der Waals surface area contributed by atoms with Crippen LogP contribution in [0.3, 0.4) is 0 Å². The Balaban J connectivity index is 1.84. The third-order valence-electron chi connectivity index (χ3n) is 2.94. The quantitative estimate of drug-likeness (QED) is 0.691. The summed E-state index contributed by atoms with van der Waals surface area (Å²) < 4.78 is 2.31. The van der Waals surface area contributed by atoms with Crippen molar-refractivity contribution in [1.82, 2.24) is 4.98 Å². The third kappa shape index (κ3) is 2.96. The van der Waals surface area contributed by atoms with Gasteiger partial charge in [0.1, 0.15) is 0 Å². The molecule has 2 aromatic carbocycles. The highest BCUT2D eigenvalue weighted by Gasteiger charge is 2.12. The molecule has 2 nitrogen and oxygen atoms in total. The predicted molar refractivity (Wildman–Crippen MR) is 87.4 cm³/mol. The zero-order valence-electron chi connectivity index (χ0n) is 10.1. The summed E-state index contributed by atoms with van der Waals surface area (Å²) in [5, 5.41) is 11.3. The molecule has 0 radical (unpaired) electrons. The standard InChI is InChI=1S/C15H12INOS/c16-11-5-3-4-10(8-11)13(18)9-15-17-12-6-1-2-7-14(12)19-15/h1-8,13,18H,9H2. The summed E-state index contributed by atoms with van der Waals surface area (Å²) in [6.45, 7) is 0. The van der Waals surface area contributed by atoms with E-state index in [1.54, 1.807) is 11.3 Å². The summed E-state index contributed by atoms with van der Waals surface area (Å²) in [6, 6.07) is 16.0. The van der Waals surface area contributed by atoms with Crippen LogP contribution in [0.25, 0.3) is 10.2 Å². The fourth-order valence-corrected chi connectivity index (χ4v) is 3.58. The minimum atomic E-state index is -0.490. The first-order chi connectivity index (χ1) is 9.22. The monoisotopic (exact) mass is 381 g/mol. The summed E-state index contributed by atoms with van der Waals surface area (Å²) in [5.74, 6) is 0. The molecular formula is C15H12INOS. The van der Waals surface area contributed by atoms with Crippen LogP contribution < -0.4 is 0 Å². The van der Waals surface area contributed by atoms with Crippen LogP contribution in [0.2, 0.25) is 0 Å². The zero-order chi connectivity index (χ0) is 13.2. The lowest BCUT2D eigenvalue weighted by atomic mass is 10.1. The van der Waals surface area contributed by atoms with Crippen molar-refractivity contribution in [2.75, 3.05) is 0 Å². The first kappa shape index (κ1) is 13.0. The van der Waals surface area contributed by atoms with E-state index in [4.69, 9.17) is 0 Å². The van der Waals surface area contributed by atoms with Gasteiger partial charge in [0.25, 0.3) is 0 Å². The molecule has 0 aliphatic heterocycles. The fourth-order valence-electron chi connectivity index (χ4n) is 2.00. The molecule has 1 unspecified atom stereocenters. The van der Waals surface area contributed by atoms with Crippen LogP contribution in [0.5, 0.6) is 0 Å². The van der Waals surface area contributed by atoms with E-state index in [1.165, 1.54) is 4.70 Å². The van der Waals surface area contributed by atoms with E-state index in [9.17, 15) is 5.11 Å². The molecule has 3 rings (SSSR count). The number of aromatic nitrogens is 1. The largest absolute Gasteiger partial charge is 0.388 e. The van der Waals surface area contributed by atoms with Crippen molar-refractivity contribution in [2.24, 2.45) is 0 Å². The van der Waals surface area contributed by atoms with Crippen LogP contribution in [0.15, 0.2) is 48.5 Å². The van der Waals surface area contributed by atoms with Gasteiger partial charge < -0.3 is 5.11 Å². The predicted octanol–water partition coefficient (Wildman–Crippen LogP) is 4.18. The Kier molecular flexibility index (Phi) is 3.81. The second-order valence-electron chi connectivity index (χ2n) is 4.35. The Morgan fingerprint density at radius 3 is 2.79 bits per heavy atom. The molecule has 4 heteroatoms. The second-order valence-corrected chi connectivity index (χ2v) is 6.71. The molecule has 1 atom stereocenters. The molecule has 19 heavy (non-hydrogen) atoms. The van der Waals surface area contributed by atoms with Crippen molar-refractivity contribution in [2.45, 2.75) is 12.5 Å². The lowest BCUT2D eigenvalue weighted by Gasteiger charge is -2.09. The van der Waals surface area contributed by atoms with E-state index in [-0.39, 0.29) is 0 Å². The zero-order valence-corrected chi connectivity index (χ0v) is 13.1. The van der Waals surface area contributed by atoms with Gasteiger partial charge in [-0.15, -0.1) is 11.3 Å². The van der Waals surface area contributed by atoms with Crippen molar-refractivity contribution in [1.29, 1.82) is 0 Å². The molecule has 96 valence electrons. The minimum absolute atomic E-state index is 0.490. The summed E-state index contributed by atoms with van der Waals surface area (Å²) in [4.78, 5) is 4.56. The van der Waals surface area contributed by atoms with Gasteiger partial charge in [-0.1, -0.05) is 24.3 Å². The summed E-state index contributed by atoms with van der Waals surface area (Å²) in [5.41, 5.74) is 1.96. The molecule has 0 aliphatic rings. The molecule has 0 amide bonds. The van der Waals surface area contributed by atoms with E-state index >= 15 is 0 Å². The van der Waals surface area contributed by atoms with Gasteiger partial charge in [-0.2, -0.15) is 0 Å². The van der Waals surface area contributed by atoms with E-state index in [2.05, 4.69) is 33.6 Å². The first-order valence-corrected chi connectivity index (χ1v) is 7.90. The van der Waals surface area contributed by atoms with E-state index in [0.29, 0.717) is 6.42 Å². The third-order valence-corrected chi connectivity index (χ3v) is 4.67. The Labute approximate surface area is 129 Å². The Morgan fingerprint density at radius 1 is 1.16 bits per heavy atom. The van der Waals surface area contributed by atoms with Crippen LogP contribution in [0, 0.1) is 3.57 Å². The van der Waals surface area contributed by atoms with Gasteiger partial charge in [0.05, 0.1) is 21.3 Å². The van der Waals surface area contributed by atoms with Gasteiger partial charge in [0, 0.05) is 9.99 Å². The van der Waals surface area contributed by atoms with Crippen molar-refractivity contribution in [3.63, 3.8) is 0 Å². The van der Waals surface area contributed by atoms with Gasteiger partial charge in [0.15, 0.2) is 0 Å². The van der Waals surface area contributed by atoms with Gasteiger partial charge in [0.2, 0.25) is 0 Å². The van der Waals surface area contributed by atoms with Crippen molar-refractivity contribution in [3.05, 3.63) is 62.7 Å². The van der Waals surface area contributed by atoms with Crippen LogP contribution in [-0.2, 0) is 6.42 Å². The first-order valence-electron chi connectivity index (χ1n) is 6.00. The number of rotatable bonds is 3. The smallest absolute Gasteiger partial charge is 0.0967 e. The molecule has 1 aromatic heterocycles. The number of aliphatic hydroxyl groups is 1. The van der Waals surface area contributed by atoms with Crippen LogP contribution in [0.1, 0.15) is 16.7 Å². The molecule has 0 bridgehead atoms. The lowest BCUT2D eigenvalue weighted by Crippen LogP contribution is -2.01. The molecule has 1 heterocycles. The van der Waals surface area contributed by atoms with Gasteiger partial charge in [-0.25, -0.2) is 4.98 Å². The SMILES string of the molecule is OC(Cc1nc2ccccc2s1)c1cccc(I)c1. The lowest BCUT2D eigenvalue weighted by molar-refractivity contribution is 0.178. The maximum Gasteiger partial charge on any atom is 0.0967 e. The number of benzene rings is 2. The number of nitrogens with zero attached hydrogens (tertiary/aromatic N) is 1. The molecule has 0 fully saturated rings. The molecule has 0 aliphatic carbocycles. The number of fused-ring (bicyclic) bond motifs is 1. The number of hydrogen-bond donors (Lipinski definition) is 1. The second kappa shape index (κ2) is 5.56. The van der Waals surface area contributed by atoms with E-state index < -0.39 is 6.10 Å². The maximum atomic E-state index is 10.3. The topological polar surface area (TPSA) is 33.1 Å². The maximum absolute atomic E-state index is 10.3. The van der Waals surface area contributed by atoms with Crippen LogP contribution in [-0.4, -0.2) is 10.1 Å². The Hall–Kier alpha value is -0.980. The normalized spacial score (nSPS) is 12.7. The van der Waals surface area contributed by atoms with Crippen molar-refractivity contribution >= 4 is 44.1 Å². The number of aliphatic hydroxyl groups excluding tert-OH is 1. The molecule has 0 spiro atoms. The summed E-state index contributed by atoms with van der Waals surface area (Å²) in [6.07, 6.45) is 0.0784. The Morgan fingerprint density at radius 2 is 2.00 bits per heavy atom. The molecule has 0 saturated heterocycles. The van der Waals surface area contributed by atoms with E-state index in [0.717, 1.165) is 19.7 Å². The van der Waals surface area contributed by atoms with Crippen LogP contribution in [0.4, 0.5) is 0 Å². The summed E-state index contributed by atoms with van der Waals surface area (Å²) in [7, 11) is 0. The van der Waals surface area contributed by atoms with Gasteiger partial charge in [-0.05, 0) is 52.4 Å².